The Morgan fingerprint density at radius 1 is 1.67 bits per heavy atom. The van der Waals surface area contributed by atoms with Crippen molar-refractivity contribution in [3.05, 3.63) is 12.0 Å². The third-order valence-electron chi connectivity index (χ3n) is 1.93. The van der Waals surface area contributed by atoms with Gasteiger partial charge in [-0.1, -0.05) is 0 Å². The fraction of sp³-hybridized carbons (Fsp3) is 0.625. The maximum Gasteiger partial charge on any atom is 0.257 e. The molecule has 86 valence electrons. The van der Waals surface area contributed by atoms with Crippen molar-refractivity contribution < 1.29 is 8.42 Å². The van der Waals surface area contributed by atoms with Gasteiger partial charge in [0.1, 0.15) is 5.82 Å². The van der Waals surface area contributed by atoms with Gasteiger partial charge in [0.25, 0.3) is 10.0 Å². The quantitative estimate of drug-likeness (QED) is 0.650. The molecule has 0 bridgehead atoms. The molecule has 0 aliphatic heterocycles. The SMILES string of the molecule is Cc1ncc(S(=O)(=O)NC(C)CCN)[nH]1. The molecule has 6 nitrogen and oxygen atoms in total. The predicted molar refractivity (Wildman–Crippen MR) is 56.8 cm³/mol. The third-order valence-corrected chi connectivity index (χ3v) is 3.42. The molecule has 0 saturated carbocycles. The normalized spacial score (nSPS) is 14.1. The molecule has 0 aromatic carbocycles. The maximum absolute atomic E-state index is 11.7. The molecule has 4 N–H and O–H groups in total. The van der Waals surface area contributed by atoms with E-state index in [0.717, 1.165) is 0 Å². The number of aromatic amines is 1. The first-order valence-corrected chi connectivity index (χ1v) is 6.18. The van der Waals surface area contributed by atoms with Crippen LogP contribution in [0.15, 0.2) is 11.2 Å². The minimum absolute atomic E-state index is 0.0869. The molecular weight excluding hydrogens is 216 g/mol. The van der Waals surface area contributed by atoms with Crippen LogP contribution < -0.4 is 10.5 Å². The summed E-state index contributed by atoms with van der Waals surface area (Å²) in [5.74, 6) is 0.571. The van der Waals surface area contributed by atoms with E-state index >= 15 is 0 Å². The van der Waals surface area contributed by atoms with Gasteiger partial charge in [0.05, 0.1) is 6.20 Å². The number of H-pyrrole nitrogens is 1. The number of nitrogens with two attached hydrogens (primary N) is 1. The Morgan fingerprint density at radius 2 is 2.33 bits per heavy atom. The summed E-state index contributed by atoms with van der Waals surface area (Å²) < 4.78 is 25.9. The number of hydrogen-bond acceptors (Lipinski definition) is 4. The van der Waals surface area contributed by atoms with E-state index in [2.05, 4.69) is 14.7 Å². The van der Waals surface area contributed by atoms with Crippen LogP contribution >= 0.6 is 0 Å². The van der Waals surface area contributed by atoms with Crippen LogP contribution in [0.2, 0.25) is 0 Å². The number of aryl methyl sites for hydroxylation is 1. The van der Waals surface area contributed by atoms with E-state index in [1.54, 1.807) is 13.8 Å². The maximum atomic E-state index is 11.7. The van der Waals surface area contributed by atoms with Gasteiger partial charge in [-0.05, 0) is 26.8 Å². The largest absolute Gasteiger partial charge is 0.332 e. The summed E-state index contributed by atoms with van der Waals surface area (Å²) in [4.78, 5) is 6.51. The second-order valence-electron chi connectivity index (χ2n) is 3.43. The number of rotatable bonds is 5. The number of nitrogens with zero attached hydrogens (tertiary/aromatic N) is 1. The van der Waals surface area contributed by atoms with Gasteiger partial charge in [-0.2, -0.15) is 0 Å². The molecule has 1 heterocycles. The van der Waals surface area contributed by atoms with Crippen molar-refractivity contribution in [3.63, 3.8) is 0 Å². The van der Waals surface area contributed by atoms with E-state index in [9.17, 15) is 8.42 Å². The molecule has 0 amide bonds. The summed E-state index contributed by atoms with van der Waals surface area (Å²) in [6.45, 7) is 3.92. The smallest absolute Gasteiger partial charge is 0.257 e. The lowest BCUT2D eigenvalue weighted by molar-refractivity contribution is 0.547. The highest BCUT2D eigenvalue weighted by Gasteiger charge is 2.18. The zero-order chi connectivity index (χ0) is 11.5. The monoisotopic (exact) mass is 232 g/mol. The van der Waals surface area contributed by atoms with Gasteiger partial charge in [0, 0.05) is 6.04 Å². The Morgan fingerprint density at radius 3 is 2.80 bits per heavy atom. The number of aromatic nitrogens is 2. The summed E-state index contributed by atoms with van der Waals surface area (Å²) in [6, 6.07) is -0.177. The first-order chi connectivity index (χ1) is 6.95. The van der Waals surface area contributed by atoms with Gasteiger partial charge in [0.15, 0.2) is 5.03 Å². The fourth-order valence-electron chi connectivity index (χ4n) is 1.17. The van der Waals surface area contributed by atoms with E-state index in [-0.39, 0.29) is 11.1 Å². The second-order valence-corrected chi connectivity index (χ2v) is 5.11. The van der Waals surface area contributed by atoms with Gasteiger partial charge in [-0.3, -0.25) is 0 Å². The Bertz CT molecular complexity index is 412. The molecule has 0 fully saturated rings. The zero-order valence-corrected chi connectivity index (χ0v) is 9.63. The first-order valence-electron chi connectivity index (χ1n) is 4.69. The highest BCUT2D eigenvalue weighted by molar-refractivity contribution is 7.89. The Balaban J connectivity index is 2.76. The molecule has 0 saturated heterocycles. The van der Waals surface area contributed by atoms with E-state index < -0.39 is 10.0 Å². The molecule has 1 aromatic rings. The van der Waals surface area contributed by atoms with Crippen LogP contribution in [0, 0.1) is 6.92 Å². The van der Waals surface area contributed by atoms with Gasteiger partial charge < -0.3 is 10.7 Å². The topological polar surface area (TPSA) is 101 Å². The fourth-order valence-corrected chi connectivity index (χ4v) is 2.42. The highest BCUT2D eigenvalue weighted by atomic mass is 32.2. The lowest BCUT2D eigenvalue weighted by atomic mass is 10.3. The van der Waals surface area contributed by atoms with Crippen LogP contribution in [0.5, 0.6) is 0 Å². The van der Waals surface area contributed by atoms with Crippen LogP contribution in [0.4, 0.5) is 0 Å². The van der Waals surface area contributed by atoms with Gasteiger partial charge >= 0.3 is 0 Å². The molecule has 1 rings (SSSR count). The molecule has 1 atom stereocenters. The zero-order valence-electron chi connectivity index (χ0n) is 8.82. The average Bonchev–Trinajstić information content (AvgIpc) is 2.51. The Kier molecular flexibility index (Phi) is 3.83. The predicted octanol–water partition coefficient (Wildman–Crippen LogP) is -0.266. The van der Waals surface area contributed by atoms with Crippen molar-refractivity contribution in [1.82, 2.24) is 14.7 Å². The number of sulfonamides is 1. The molecule has 7 heteroatoms. The molecular formula is C8H16N4O2S. The molecule has 0 aliphatic rings. The number of nitrogens with one attached hydrogen (secondary N) is 2. The van der Waals surface area contributed by atoms with E-state index in [4.69, 9.17) is 5.73 Å². The van der Waals surface area contributed by atoms with E-state index in [1.165, 1.54) is 6.20 Å². The molecule has 1 unspecified atom stereocenters. The molecule has 0 spiro atoms. The van der Waals surface area contributed by atoms with Gasteiger partial charge in [-0.15, -0.1) is 0 Å². The summed E-state index contributed by atoms with van der Waals surface area (Å²) >= 11 is 0. The Labute approximate surface area is 89.3 Å². The van der Waals surface area contributed by atoms with Crippen molar-refractivity contribution in [1.29, 1.82) is 0 Å². The molecule has 15 heavy (non-hydrogen) atoms. The van der Waals surface area contributed by atoms with Gasteiger partial charge in [-0.25, -0.2) is 18.1 Å². The van der Waals surface area contributed by atoms with Crippen LogP contribution in [0.1, 0.15) is 19.2 Å². The summed E-state index contributed by atoms with van der Waals surface area (Å²) in [6.07, 6.45) is 1.90. The molecule has 1 aromatic heterocycles. The first kappa shape index (κ1) is 12.2. The number of hydrogen-bond donors (Lipinski definition) is 3. The van der Waals surface area contributed by atoms with Gasteiger partial charge in [0.2, 0.25) is 0 Å². The molecule has 0 aliphatic carbocycles. The minimum Gasteiger partial charge on any atom is -0.332 e. The van der Waals surface area contributed by atoms with Crippen LogP contribution in [-0.4, -0.2) is 31.0 Å². The van der Waals surface area contributed by atoms with Crippen molar-refractivity contribution in [2.75, 3.05) is 6.54 Å². The van der Waals surface area contributed by atoms with Crippen molar-refractivity contribution in [2.45, 2.75) is 31.3 Å². The summed E-state index contributed by atoms with van der Waals surface area (Å²) in [5.41, 5.74) is 5.34. The van der Waals surface area contributed by atoms with E-state index in [1.807, 2.05) is 0 Å². The summed E-state index contributed by atoms with van der Waals surface area (Å²) in [7, 11) is -3.48. The lowest BCUT2D eigenvalue weighted by Crippen LogP contribution is -2.34. The van der Waals surface area contributed by atoms with Crippen LogP contribution in [0.3, 0.4) is 0 Å². The van der Waals surface area contributed by atoms with Crippen molar-refractivity contribution in [3.8, 4) is 0 Å². The lowest BCUT2D eigenvalue weighted by Gasteiger charge is -2.11. The second kappa shape index (κ2) is 4.73. The van der Waals surface area contributed by atoms with E-state index in [0.29, 0.717) is 18.8 Å². The van der Waals surface area contributed by atoms with Crippen LogP contribution in [0.25, 0.3) is 0 Å². The van der Waals surface area contributed by atoms with Crippen LogP contribution in [-0.2, 0) is 10.0 Å². The Hall–Kier alpha value is -0.920. The highest BCUT2D eigenvalue weighted by Crippen LogP contribution is 2.06. The van der Waals surface area contributed by atoms with Crippen molar-refractivity contribution in [2.24, 2.45) is 5.73 Å². The molecule has 0 radical (unpaired) electrons. The average molecular weight is 232 g/mol. The van der Waals surface area contributed by atoms with Crippen molar-refractivity contribution >= 4 is 10.0 Å². The standard InChI is InChI=1S/C8H16N4O2S/c1-6(3-4-9)12-15(13,14)8-5-10-7(2)11-8/h5-6,12H,3-4,9H2,1-2H3,(H,10,11). The summed E-state index contributed by atoms with van der Waals surface area (Å²) in [5, 5.41) is 0.0869. The number of imidazole rings is 1. The third kappa shape index (κ3) is 3.29. The minimum atomic E-state index is -3.48.